The lowest BCUT2D eigenvalue weighted by Gasteiger charge is -2.23. The first-order chi connectivity index (χ1) is 8.00. The Morgan fingerprint density at radius 3 is 2.47 bits per heavy atom. The average Bonchev–Trinajstić information content (AvgIpc) is 2.69. The maximum absolute atomic E-state index is 13.3. The maximum atomic E-state index is 13.3. The third-order valence-corrected chi connectivity index (χ3v) is 3.14. The number of anilines is 1. The molecule has 1 aromatic rings. The Hall–Kier alpha value is -1.23. The Kier molecular flexibility index (Phi) is 3.28. The number of hydrogen-bond acceptors (Lipinski definition) is 2. The lowest BCUT2D eigenvalue weighted by Crippen LogP contribution is -2.33. The summed E-state index contributed by atoms with van der Waals surface area (Å²) >= 11 is 0. The summed E-state index contributed by atoms with van der Waals surface area (Å²) in [5, 5.41) is 12.6. The second-order valence-electron chi connectivity index (χ2n) is 4.53. The van der Waals surface area contributed by atoms with E-state index in [2.05, 4.69) is 5.32 Å². The van der Waals surface area contributed by atoms with E-state index in [0.717, 1.165) is 18.9 Å². The Morgan fingerprint density at radius 2 is 1.82 bits per heavy atom. The second-order valence-corrected chi connectivity index (χ2v) is 4.53. The average molecular weight is 245 g/mol. The molecule has 1 aliphatic carbocycles. The maximum Gasteiger partial charge on any atom is 0.182 e. The van der Waals surface area contributed by atoms with Crippen molar-refractivity contribution in [3.8, 4) is 0 Å². The SMILES string of the molecule is OC1(CNc2cc(F)cc(F)c2F)CCCC1. The van der Waals surface area contributed by atoms with Crippen molar-refractivity contribution in [3.63, 3.8) is 0 Å². The van der Waals surface area contributed by atoms with E-state index in [1.807, 2.05) is 0 Å². The van der Waals surface area contributed by atoms with Gasteiger partial charge in [-0.25, -0.2) is 13.2 Å². The van der Waals surface area contributed by atoms with Crippen LogP contribution in [0.15, 0.2) is 12.1 Å². The summed E-state index contributed by atoms with van der Waals surface area (Å²) in [5.41, 5.74) is -1.14. The van der Waals surface area contributed by atoms with Gasteiger partial charge in [0.15, 0.2) is 11.6 Å². The lowest BCUT2D eigenvalue weighted by molar-refractivity contribution is 0.0614. The Balaban J connectivity index is 2.08. The van der Waals surface area contributed by atoms with E-state index >= 15 is 0 Å². The molecule has 1 aromatic carbocycles. The van der Waals surface area contributed by atoms with Crippen molar-refractivity contribution in [2.24, 2.45) is 0 Å². The second kappa shape index (κ2) is 4.56. The van der Waals surface area contributed by atoms with Gasteiger partial charge in [0.05, 0.1) is 11.3 Å². The van der Waals surface area contributed by atoms with E-state index in [0.29, 0.717) is 18.9 Å². The minimum absolute atomic E-state index is 0.104. The van der Waals surface area contributed by atoms with Crippen molar-refractivity contribution >= 4 is 5.69 Å². The van der Waals surface area contributed by atoms with E-state index in [9.17, 15) is 18.3 Å². The van der Waals surface area contributed by atoms with Crippen molar-refractivity contribution in [3.05, 3.63) is 29.6 Å². The van der Waals surface area contributed by atoms with Crippen molar-refractivity contribution in [2.75, 3.05) is 11.9 Å². The van der Waals surface area contributed by atoms with E-state index in [1.165, 1.54) is 0 Å². The smallest absolute Gasteiger partial charge is 0.182 e. The van der Waals surface area contributed by atoms with Crippen molar-refractivity contribution in [1.29, 1.82) is 0 Å². The topological polar surface area (TPSA) is 32.3 Å². The van der Waals surface area contributed by atoms with Crippen molar-refractivity contribution < 1.29 is 18.3 Å². The van der Waals surface area contributed by atoms with Crippen LogP contribution in [0.3, 0.4) is 0 Å². The summed E-state index contributed by atoms with van der Waals surface area (Å²) in [5.74, 6) is -3.19. The molecule has 0 atom stereocenters. The molecule has 1 aliphatic rings. The normalized spacial score (nSPS) is 18.4. The number of benzene rings is 1. The zero-order valence-corrected chi connectivity index (χ0v) is 9.27. The fraction of sp³-hybridized carbons (Fsp3) is 0.500. The molecule has 0 radical (unpaired) electrons. The first kappa shape index (κ1) is 12.2. The zero-order valence-electron chi connectivity index (χ0n) is 9.27. The first-order valence-corrected chi connectivity index (χ1v) is 5.61. The highest BCUT2D eigenvalue weighted by Crippen LogP contribution is 2.30. The molecule has 17 heavy (non-hydrogen) atoms. The fourth-order valence-corrected chi connectivity index (χ4v) is 2.15. The van der Waals surface area contributed by atoms with Gasteiger partial charge in [0.25, 0.3) is 0 Å². The Morgan fingerprint density at radius 1 is 1.18 bits per heavy atom. The predicted octanol–water partition coefficient (Wildman–Crippen LogP) is 2.82. The quantitative estimate of drug-likeness (QED) is 0.802. The van der Waals surface area contributed by atoms with Crippen LogP contribution in [0.2, 0.25) is 0 Å². The van der Waals surface area contributed by atoms with Crippen LogP contribution in [0, 0.1) is 17.5 Å². The number of hydrogen-bond donors (Lipinski definition) is 2. The summed E-state index contributed by atoms with van der Waals surface area (Å²) in [7, 11) is 0. The van der Waals surface area contributed by atoms with Crippen molar-refractivity contribution in [2.45, 2.75) is 31.3 Å². The number of halogens is 3. The Bertz CT molecular complexity index is 416. The molecule has 0 unspecified atom stereocenters. The van der Waals surface area contributed by atoms with E-state index in [-0.39, 0.29) is 12.2 Å². The monoisotopic (exact) mass is 245 g/mol. The molecule has 0 spiro atoms. The summed E-state index contributed by atoms with van der Waals surface area (Å²) in [6.07, 6.45) is 3.08. The highest BCUT2D eigenvalue weighted by molar-refractivity contribution is 5.45. The molecule has 0 aliphatic heterocycles. The Labute approximate surface area is 97.5 Å². The molecule has 0 aromatic heterocycles. The van der Waals surface area contributed by atoms with Gasteiger partial charge in [-0.05, 0) is 12.8 Å². The summed E-state index contributed by atoms with van der Waals surface area (Å²) < 4.78 is 39.1. The number of nitrogens with one attached hydrogen (secondary N) is 1. The van der Waals surface area contributed by atoms with Crippen LogP contribution < -0.4 is 5.32 Å². The largest absolute Gasteiger partial charge is 0.388 e. The van der Waals surface area contributed by atoms with Crippen LogP contribution in [0.4, 0.5) is 18.9 Å². The molecular formula is C12H14F3NO. The predicted molar refractivity (Wildman–Crippen MR) is 58.2 cm³/mol. The molecule has 0 heterocycles. The molecule has 94 valence electrons. The van der Waals surface area contributed by atoms with Gasteiger partial charge < -0.3 is 10.4 Å². The van der Waals surface area contributed by atoms with Gasteiger partial charge in [-0.2, -0.15) is 0 Å². The highest BCUT2D eigenvalue weighted by atomic mass is 19.2. The molecule has 2 nitrogen and oxygen atoms in total. The molecule has 0 amide bonds. The van der Waals surface area contributed by atoms with Crippen LogP contribution in [0.25, 0.3) is 0 Å². The molecule has 0 saturated heterocycles. The third kappa shape index (κ3) is 2.72. The summed E-state index contributed by atoms with van der Waals surface area (Å²) in [6, 6.07) is 1.38. The van der Waals surface area contributed by atoms with Gasteiger partial charge in [0, 0.05) is 18.7 Å². The highest BCUT2D eigenvalue weighted by Gasteiger charge is 2.31. The van der Waals surface area contributed by atoms with Crippen LogP contribution in [0.5, 0.6) is 0 Å². The van der Waals surface area contributed by atoms with Gasteiger partial charge in [-0.15, -0.1) is 0 Å². The number of aliphatic hydroxyl groups is 1. The van der Waals surface area contributed by atoms with E-state index in [1.54, 1.807) is 0 Å². The molecule has 2 rings (SSSR count). The summed E-state index contributed by atoms with van der Waals surface area (Å²) in [4.78, 5) is 0. The molecule has 1 fully saturated rings. The minimum atomic E-state index is -1.23. The summed E-state index contributed by atoms with van der Waals surface area (Å²) in [6.45, 7) is 0.104. The molecule has 0 bridgehead atoms. The van der Waals surface area contributed by atoms with Gasteiger partial charge >= 0.3 is 0 Å². The molecule has 5 heteroatoms. The van der Waals surface area contributed by atoms with Gasteiger partial charge in [0.2, 0.25) is 0 Å². The van der Waals surface area contributed by atoms with Gasteiger partial charge in [-0.3, -0.25) is 0 Å². The third-order valence-electron chi connectivity index (χ3n) is 3.14. The molecule has 1 saturated carbocycles. The van der Waals surface area contributed by atoms with Crippen LogP contribution in [0.1, 0.15) is 25.7 Å². The zero-order chi connectivity index (χ0) is 12.5. The minimum Gasteiger partial charge on any atom is -0.388 e. The molecule has 2 N–H and O–H groups in total. The van der Waals surface area contributed by atoms with Crippen LogP contribution >= 0.6 is 0 Å². The lowest BCUT2D eigenvalue weighted by atomic mass is 10.0. The van der Waals surface area contributed by atoms with E-state index < -0.39 is 23.1 Å². The fourth-order valence-electron chi connectivity index (χ4n) is 2.15. The number of rotatable bonds is 3. The first-order valence-electron chi connectivity index (χ1n) is 5.61. The van der Waals surface area contributed by atoms with Crippen molar-refractivity contribution in [1.82, 2.24) is 0 Å². The van der Waals surface area contributed by atoms with Gasteiger partial charge in [0.1, 0.15) is 5.82 Å². The van der Waals surface area contributed by atoms with Gasteiger partial charge in [-0.1, -0.05) is 12.8 Å². The van der Waals surface area contributed by atoms with E-state index in [4.69, 9.17) is 0 Å². The van der Waals surface area contributed by atoms with Crippen LogP contribution in [-0.4, -0.2) is 17.3 Å². The molecular weight excluding hydrogens is 231 g/mol. The van der Waals surface area contributed by atoms with Crippen LogP contribution in [-0.2, 0) is 0 Å². The standard InChI is InChI=1S/C12H14F3NO/c13-8-5-9(14)11(15)10(6-8)16-7-12(17)3-1-2-4-12/h5-6,16-17H,1-4,7H2.